The molecule has 3 heterocycles. The van der Waals surface area contributed by atoms with Crippen molar-refractivity contribution in [1.29, 1.82) is 0 Å². The van der Waals surface area contributed by atoms with Gasteiger partial charge in [-0.15, -0.1) is 0 Å². The number of allylic oxidation sites excluding steroid dienone is 1. The number of ether oxygens (including phenoxy) is 5. The molecule has 6 heteroatoms. The summed E-state index contributed by atoms with van der Waals surface area (Å²) in [4.78, 5) is 0. The SMILES string of the molecule is C=C(CC1C(C=[N+]2CCCC2)OC2OC(C)(C)OC21)OCOC. The van der Waals surface area contributed by atoms with Gasteiger partial charge in [-0.25, -0.2) is 4.58 Å². The van der Waals surface area contributed by atoms with Crippen molar-refractivity contribution in [2.45, 2.75) is 57.4 Å². The van der Waals surface area contributed by atoms with E-state index in [9.17, 15) is 0 Å². The minimum Gasteiger partial charge on any atom is -0.473 e. The van der Waals surface area contributed by atoms with Crippen molar-refractivity contribution in [2.24, 2.45) is 5.92 Å². The number of nitrogens with zero attached hydrogens (tertiary/aromatic N) is 1. The standard InChI is InChI=1S/C17H28NO5/c1-12(20-11-19-4)9-13-14(10-18-7-5-6-8-18)21-16-15(13)22-17(2,3)23-16/h10,13-16H,1,5-9,11H2,2-4H3/q+1. The predicted octanol–water partition coefficient (Wildman–Crippen LogP) is 1.88. The zero-order valence-electron chi connectivity index (χ0n) is 14.3. The lowest BCUT2D eigenvalue weighted by atomic mass is 9.94. The summed E-state index contributed by atoms with van der Waals surface area (Å²) in [7, 11) is 1.60. The molecule has 0 aromatic carbocycles. The van der Waals surface area contributed by atoms with E-state index in [4.69, 9.17) is 23.7 Å². The molecule has 0 amide bonds. The van der Waals surface area contributed by atoms with Gasteiger partial charge >= 0.3 is 0 Å². The monoisotopic (exact) mass is 326 g/mol. The molecule has 0 radical (unpaired) electrons. The summed E-state index contributed by atoms with van der Waals surface area (Å²) >= 11 is 0. The summed E-state index contributed by atoms with van der Waals surface area (Å²) in [6, 6.07) is 0. The van der Waals surface area contributed by atoms with Gasteiger partial charge in [0.1, 0.15) is 25.3 Å². The Morgan fingerprint density at radius 1 is 1.30 bits per heavy atom. The average molecular weight is 326 g/mol. The Balaban J connectivity index is 1.71. The zero-order valence-corrected chi connectivity index (χ0v) is 14.3. The average Bonchev–Trinajstić information content (AvgIpc) is 3.15. The number of rotatable bonds is 6. The molecule has 130 valence electrons. The Morgan fingerprint density at radius 2 is 2.04 bits per heavy atom. The van der Waals surface area contributed by atoms with Gasteiger partial charge in [-0.3, -0.25) is 0 Å². The summed E-state index contributed by atoms with van der Waals surface area (Å²) in [5, 5.41) is 0. The van der Waals surface area contributed by atoms with Gasteiger partial charge in [0, 0.05) is 32.3 Å². The van der Waals surface area contributed by atoms with Crippen molar-refractivity contribution in [3.8, 4) is 0 Å². The van der Waals surface area contributed by atoms with Crippen LogP contribution in [0.2, 0.25) is 0 Å². The second-order valence-electron chi connectivity index (χ2n) is 6.92. The van der Waals surface area contributed by atoms with Gasteiger partial charge in [-0.05, 0) is 13.8 Å². The van der Waals surface area contributed by atoms with Crippen molar-refractivity contribution < 1.29 is 28.3 Å². The van der Waals surface area contributed by atoms with E-state index in [2.05, 4.69) is 17.4 Å². The highest BCUT2D eigenvalue weighted by Gasteiger charge is 2.55. The highest BCUT2D eigenvalue weighted by atomic mass is 16.8. The minimum absolute atomic E-state index is 0.0397. The maximum absolute atomic E-state index is 6.13. The summed E-state index contributed by atoms with van der Waals surface area (Å²) in [5.74, 6) is 0.210. The molecule has 3 aliphatic rings. The molecule has 0 aromatic heterocycles. The summed E-state index contributed by atoms with van der Waals surface area (Å²) in [6.07, 6.45) is 4.88. The van der Waals surface area contributed by atoms with Gasteiger partial charge in [0.15, 0.2) is 25.1 Å². The fraction of sp³-hybridized carbons (Fsp3) is 0.824. The van der Waals surface area contributed by atoms with Crippen LogP contribution in [0.4, 0.5) is 0 Å². The molecule has 3 aliphatic heterocycles. The maximum atomic E-state index is 6.13. The molecule has 3 rings (SSSR count). The van der Waals surface area contributed by atoms with E-state index in [-0.39, 0.29) is 31.2 Å². The first-order valence-corrected chi connectivity index (χ1v) is 8.38. The topological polar surface area (TPSA) is 49.2 Å². The van der Waals surface area contributed by atoms with Crippen LogP contribution in [0.3, 0.4) is 0 Å². The van der Waals surface area contributed by atoms with Gasteiger partial charge < -0.3 is 23.7 Å². The lowest BCUT2D eigenvalue weighted by molar-refractivity contribution is -0.504. The van der Waals surface area contributed by atoms with Gasteiger partial charge in [0.2, 0.25) is 0 Å². The van der Waals surface area contributed by atoms with Crippen LogP contribution in [-0.4, -0.2) is 62.1 Å². The van der Waals surface area contributed by atoms with Crippen LogP contribution in [0.15, 0.2) is 12.3 Å². The molecular weight excluding hydrogens is 298 g/mol. The second-order valence-corrected chi connectivity index (χ2v) is 6.92. The molecule has 4 unspecified atom stereocenters. The van der Waals surface area contributed by atoms with Crippen molar-refractivity contribution >= 4 is 6.21 Å². The molecular formula is C17H28NO5+. The largest absolute Gasteiger partial charge is 0.473 e. The Labute approximate surface area is 138 Å². The lowest BCUT2D eigenvalue weighted by Gasteiger charge is -2.24. The Hall–Kier alpha value is -0.950. The number of fused-ring (bicyclic) bond motifs is 1. The molecule has 0 spiro atoms. The molecule has 0 bridgehead atoms. The van der Waals surface area contributed by atoms with Crippen molar-refractivity contribution in [3.05, 3.63) is 12.3 Å². The fourth-order valence-corrected chi connectivity index (χ4v) is 3.54. The molecule has 23 heavy (non-hydrogen) atoms. The molecule has 4 atom stereocenters. The van der Waals surface area contributed by atoms with Crippen LogP contribution in [0.1, 0.15) is 33.1 Å². The predicted molar refractivity (Wildman–Crippen MR) is 84.2 cm³/mol. The normalized spacial score (nSPS) is 35.3. The van der Waals surface area contributed by atoms with E-state index in [0.29, 0.717) is 12.2 Å². The molecule has 6 nitrogen and oxygen atoms in total. The van der Waals surface area contributed by atoms with Crippen LogP contribution >= 0.6 is 0 Å². The van der Waals surface area contributed by atoms with Crippen LogP contribution in [0, 0.1) is 5.92 Å². The smallest absolute Gasteiger partial charge is 0.188 e. The third-order valence-electron chi connectivity index (χ3n) is 4.57. The highest BCUT2D eigenvalue weighted by Crippen LogP contribution is 2.42. The van der Waals surface area contributed by atoms with E-state index >= 15 is 0 Å². The fourth-order valence-electron chi connectivity index (χ4n) is 3.54. The molecule has 0 N–H and O–H groups in total. The first-order chi connectivity index (χ1) is 11.0. The highest BCUT2D eigenvalue weighted by molar-refractivity contribution is 5.59. The molecule has 0 saturated carbocycles. The Morgan fingerprint density at radius 3 is 2.74 bits per heavy atom. The molecule has 0 aromatic rings. The first kappa shape index (κ1) is 16.9. The molecule has 0 aliphatic carbocycles. The molecule has 3 saturated heterocycles. The zero-order chi connectivity index (χ0) is 16.4. The van der Waals surface area contributed by atoms with E-state index < -0.39 is 5.79 Å². The number of methoxy groups -OCH3 is 1. The van der Waals surface area contributed by atoms with E-state index in [1.54, 1.807) is 7.11 Å². The number of hydrogen-bond acceptors (Lipinski definition) is 5. The lowest BCUT2D eigenvalue weighted by Crippen LogP contribution is -2.33. The number of hydrogen-bond donors (Lipinski definition) is 0. The van der Waals surface area contributed by atoms with Crippen LogP contribution in [0.5, 0.6) is 0 Å². The van der Waals surface area contributed by atoms with Crippen molar-refractivity contribution in [1.82, 2.24) is 0 Å². The van der Waals surface area contributed by atoms with Crippen LogP contribution < -0.4 is 0 Å². The van der Waals surface area contributed by atoms with E-state index in [1.165, 1.54) is 12.8 Å². The molecule has 3 fully saturated rings. The minimum atomic E-state index is -0.610. The summed E-state index contributed by atoms with van der Waals surface area (Å²) in [6.45, 7) is 10.2. The van der Waals surface area contributed by atoms with Gasteiger partial charge in [0.25, 0.3) is 0 Å². The van der Waals surface area contributed by atoms with Crippen molar-refractivity contribution in [3.63, 3.8) is 0 Å². The third kappa shape index (κ3) is 3.94. The first-order valence-electron chi connectivity index (χ1n) is 8.38. The van der Waals surface area contributed by atoms with E-state index in [0.717, 1.165) is 13.1 Å². The van der Waals surface area contributed by atoms with Gasteiger partial charge in [0.05, 0.1) is 5.76 Å². The van der Waals surface area contributed by atoms with Crippen LogP contribution in [-0.2, 0) is 23.7 Å². The Bertz CT molecular complexity index is 468. The van der Waals surface area contributed by atoms with Crippen molar-refractivity contribution in [2.75, 3.05) is 27.0 Å². The second kappa shape index (κ2) is 6.89. The van der Waals surface area contributed by atoms with Crippen LogP contribution in [0.25, 0.3) is 0 Å². The third-order valence-corrected chi connectivity index (χ3v) is 4.57. The quantitative estimate of drug-likeness (QED) is 0.424. The summed E-state index contributed by atoms with van der Waals surface area (Å²) in [5.41, 5.74) is 0. The van der Waals surface area contributed by atoms with Gasteiger partial charge in [-0.1, -0.05) is 6.58 Å². The van der Waals surface area contributed by atoms with Gasteiger partial charge in [-0.2, -0.15) is 0 Å². The maximum Gasteiger partial charge on any atom is 0.188 e. The van der Waals surface area contributed by atoms with E-state index in [1.807, 2.05) is 13.8 Å². The Kier molecular flexibility index (Phi) is 5.06. The summed E-state index contributed by atoms with van der Waals surface area (Å²) < 4.78 is 30.8.